The summed E-state index contributed by atoms with van der Waals surface area (Å²) in [6.45, 7) is 0. The van der Waals surface area contributed by atoms with Crippen molar-refractivity contribution in [2.45, 2.75) is 6.18 Å². The molecule has 0 bridgehead atoms. The molecular formula is C8H3ClF3N3S. The SMILES string of the molecule is FC(F)(F)c1ncc(-c2cncnc2Cl)s1. The van der Waals surface area contributed by atoms with Crippen LogP contribution in [0.5, 0.6) is 0 Å². The Hall–Kier alpha value is -1.21. The van der Waals surface area contributed by atoms with Crippen molar-refractivity contribution in [1.82, 2.24) is 15.0 Å². The van der Waals surface area contributed by atoms with Crippen LogP contribution in [0.15, 0.2) is 18.7 Å². The van der Waals surface area contributed by atoms with Crippen molar-refractivity contribution in [3.05, 3.63) is 28.9 Å². The molecule has 0 atom stereocenters. The van der Waals surface area contributed by atoms with Gasteiger partial charge in [-0.05, 0) is 0 Å². The predicted molar refractivity (Wildman–Crippen MR) is 53.2 cm³/mol. The van der Waals surface area contributed by atoms with Crippen LogP contribution in [-0.4, -0.2) is 15.0 Å². The Morgan fingerprint density at radius 1 is 1.19 bits per heavy atom. The lowest BCUT2D eigenvalue weighted by Crippen LogP contribution is -2.02. The molecular weight excluding hydrogens is 263 g/mol. The number of nitrogens with zero attached hydrogens (tertiary/aromatic N) is 3. The quantitative estimate of drug-likeness (QED) is 0.743. The first-order valence-electron chi connectivity index (χ1n) is 3.97. The van der Waals surface area contributed by atoms with Crippen LogP contribution in [0.2, 0.25) is 5.15 Å². The normalized spacial score (nSPS) is 11.8. The lowest BCUT2D eigenvalue weighted by molar-refractivity contribution is -0.137. The Kier molecular flexibility index (Phi) is 2.81. The van der Waals surface area contributed by atoms with Gasteiger partial charge in [-0.25, -0.2) is 15.0 Å². The maximum atomic E-state index is 12.3. The van der Waals surface area contributed by atoms with Crippen LogP contribution in [0.3, 0.4) is 0 Å². The van der Waals surface area contributed by atoms with Crippen LogP contribution in [0.4, 0.5) is 13.2 Å². The van der Waals surface area contributed by atoms with Crippen LogP contribution in [0, 0.1) is 0 Å². The molecule has 0 fully saturated rings. The molecule has 84 valence electrons. The summed E-state index contributed by atoms with van der Waals surface area (Å²) >= 11 is 6.24. The summed E-state index contributed by atoms with van der Waals surface area (Å²) in [5.41, 5.74) is 0.345. The van der Waals surface area contributed by atoms with Crippen LogP contribution in [0.25, 0.3) is 10.4 Å². The van der Waals surface area contributed by atoms with Crippen molar-refractivity contribution < 1.29 is 13.2 Å². The predicted octanol–water partition coefficient (Wildman–Crippen LogP) is 3.27. The molecule has 8 heteroatoms. The molecule has 2 aromatic rings. The van der Waals surface area contributed by atoms with Crippen molar-refractivity contribution in [1.29, 1.82) is 0 Å². The fraction of sp³-hybridized carbons (Fsp3) is 0.125. The van der Waals surface area contributed by atoms with Gasteiger partial charge in [0.2, 0.25) is 0 Å². The van der Waals surface area contributed by atoms with Gasteiger partial charge in [-0.3, -0.25) is 0 Å². The Labute approximate surface area is 97.0 Å². The molecule has 0 N–H and O–H groups in total. The molecule has 2 heterocycles. The Morgan fingerprint density at radius 3 is 2.50 bits per heavy atom. The first-order valence-corrected chi connectivity index (χ1v) is 5.17. The minimum absolute atomic E-state index is 0.104. The number of alkyl halides is 3. The second-order valence-corrected chi connectivity index (χ2v) is 4.14. The summed E-state index contributed by atoms with van der Waals surface area (Å²) in [5, 5.41) is -0.810. The summed E-state index contributed by atoms with van der Waals surface area (Å²) in [4.78, 5) is 10.9. The third kappa shape index (κ3) is 2.14. The van der Waals surface area contributed by atoms with E-state index in [1.165, 1.54) is 12.5 Å². The number of hydrogen-bond donors (Lipinski definition) is 0. The highest BCUT2D eigenvalue weighted by molar-refractivity contribution is 7.15. The molecule has 0 saturated carbocycles. The second-order valence-electron chi connectivity index (χ2n) is 2.75. The Morgan fingerprint density at radius 2 is 1.94 bits per heavy atom. The standard InChI is InChI=1S/C8H3ClF3N3S/c9-6-4(1-13-3-15-6)5-2-14-7(16-5)8(10,11)12/h1-3H. The van der Waals surface area contributed by atoms with Crippen molar-refractivity contribution >= 4 is 22.9 Å². The van der Waals surface area contributed by atoms with Gasteiger partial charge < -0.3 is 0 Å². The zero-order valence-corrected chi connectivity index (χ0v) is 9.07. The van der Waals surface area contributed by atoms with E-state index in [9.17, 15) is 13.2 Å². The van der Waals surface area contributed by atoms with E-state index in [2.05, 4.69) is 15.0 Å². The van der Waals surface area contributed by atoms with Crippen LogP contribution in [0.1, 0.15) is 5.01 Å². The maximum absolute atomic E-state index is 12.3. The summed E-state index contributed by atoms with van der Waals surface area (Å²) in [5.74, 6) is 0. The van der Waals surface area contributed by atoms with Gasteiger partial charge in [0.1, 0.15) is 11.5 Å². The summed E-state index contributed by atoms with van der Waals surface area (Å²) in [6, 6.07) is 0. The summed E-state index contributed by atoms with van der Waals surface area (Å²) in [6.07, 6.45) is -0.760. The third-order valence-electron chi connectivity index (χ3n) is 1.68. The van der Waals surface area contributed by atoms with Gasteiger partial charge in [-0.15, -0.1) is 11.3 Å². The van der Waals surface area contributed by atoms with Gasteiger partial charge in [-0.1, -0.05) is 11.6 Å². The van der Waals surface area contributed by atoms with Crippen molar-refractivity contribution in [2.75, 3.05) is 0 Å². The topological polar surface area (TPSA) is 38.7 Å². The van der Waals surface area contributed by atoms with Crippen molar-refractivity contribution in [3.63, 3.8) is 0 Å². The smallest absolute Gasteiger partial charge is 0.244 e. The minimum atomic E-state index is -4.44. The average molecular weight is 266 g/mol. The Balaban J connectivity index is 2.44. The molecule has 0 unspecified atom stereocenters. The molecule has 2 aromatic heterocycles. The molecule has 0 amide bonds. The van der Waals surface area contributed by atoms with Gasteiger partial charge in [0, 0.05) is 18.0 Å². The van der Waals surface area contributed by atoms with Crippen LogP contribution < -0.4 is 0 Å². The number of rotatable bonds is 1. The average Bonchev–Trinajstić information content (AvgIpc) is 2.66. The second kappa shape index (κ2) is 3.99. The molecule has 0 aliphatic rings. The van der Waals surface area contributed by atoms with Gasteiger partial charge >= 0.3 is 6.18 Å². The van der Waals surface area contributed by atoms with Gasteiger partial charge in [0.15, 0.2) is 5.01 Å². The van der Waals surface area contributed by atoms with Crippen molar-refractivity contribution in [2.24, 2.45) is 0 Å². The van der Waals surface area contributed by atoms with Gasteiger partial charge in [0.05, 0.1) is 4.88 Å². The molecule has 0 radical (unpaired) electrons. The van der Waals surface area contributed by atoms with Gasteiger partial charge in [0.25, 0.3) is 0 Å². The van der Waals surface area contributed by atoms with E-state index in [-0.39, 0.29) is 10.0 Å². The molecule has 2 rings (SSSR count). The van der Waals surface area contributed by atoms with E-state index in [0.29, 0.717) is 16.9 Å². The Bertz CT molecular complexity index is 511. The van der Waals surface area contributed by atoms with Gasteiger partial charge in [-0.2, -0.15) is 13.2 Å². The first-order chi connectivity index (χ1) is 7.48. The summed E-state index contributed by atoms with van der Waals surface area (Å²) < 4.78 is 36.9. The number of aromatic nitrogens is 3. The minimum Gasteiger partial charge on any atom is -0.244 e. The largest absolute Gasteiger partial charge is 0.443 e. The van der Waals surface area contributed by atoms with Crippen molar-refractivity contribution in [3.8, 4) is 10.4 Å². The van der Waals surface area contributed by atoms with Crippen LogP contribution in [-0.2, 0) is 6.18 Å². The lowest BCUT2D eigenvalue weighted by Gasteiger charge is -1.99. The van der Waals surface area contributed by atoms with E-state index in [4.69, 9.17) is 11.6 Å². The molecule has 16 heavy (non-hydrogen) atoms. The molecule has 3 nitrogen and oxygen atoms in total. The number of thiazole rings is 1. The zero-order valence-electron chi connectivity index (χ0n) is 7.49. The van der Waals surface area contributed by atoms with E-state index in [0.717, 1.165) is 6.20 Å². The zero-order chi connectivity index (χ0) is 11.8. The highest BCUT2D eigenvalue weighted by Crippen LogP contribution is 2.37. The monoisotopic (exact) mass is 265 g/mol. The molecule has 0 saturated heterocycles. The number of hydrogen-bond acceptors (Lipinski definition) is 4. The fourth-order valence-corrected chi connectivity index (χ4v) is 2.05. The van der Waals surface area contributed by atoms with E-state index in [1.54, 1.807) is 0 Å². The molecule has 0 aliphatic heterocycles. The van der Waals surface area contributed by atoms with E-state index < -0.39 is 11.2 Å². The molecule has 0 aromatic carbocycles. The van der Waals surface area contributed by atoms with Crippen LogP contribution >= 0.6 is 22.9 Å². The number of halogens is 4. The third-order valence-corrected chi connectivity index (χ3v) is 3.05. The first kappa shape index (κ1) is 11.3. The lowest BCUT2D eigenvalue weighted by atomic mass is 10.3. The maximum Gasteiger partial charge on any atom is 0.443 e. The highest BCUT2D eigenvalue weighted by atomic mass is 35.5. The van der Waals surface area contributed by atoms with E-state index in [1.807, 2.05) is 0 Å². The molecule has 0 spiro atoms. The fourth-order valence-electron chi connectivity index (χ4n) is 1.01. The summed E-state index contributed by atoms with van der Waals surface area (Å²) in [7, 11) is 0. The van der Waals surface area contributed by atoms with E-state index >= 15 is 0 Å². The molecule has 0 aliphatic carbocycles. The highest BCUT2D eigenvalue weighted by Gasteiger charge is 2.34.